The molecule has 0 fully saturated rings. The lowest BCUT2D eigenvalue weighted by molar-refractivity contribution is 0.0954. The number of amides is 1. The molecule has 0 spiro atoms. The number of hydrogen-bond acceptors (Lipinski definition) is 6. The van der Waals surface area contributed by atoms with Gasteiger partial charge < -0.3 is 18.6 Å². The number of allylic oxidation sites excluding steroid dienone is 1. The van der Waals surface area contributed by atoms with Gasteiger partial charge in [0.1, 0.15) is 5.76 Å². The lowest BCUT2D eigenvalue weighted by atomic mass is 10.1. The molecule has 24 heavy (non-hydrogen) atoms. The van der Waals surface area contributed by atoms with E-state index in [1.54, 1.807) is 42.7 Å². The number of nitrogens with zero attached hydrogens (tertiary/aromatic N) is 1. The quantitative estimate of drug-likeness (QED) is 0.623. The van der Waals surface area contributed by atoms with Crippen molar-refractivity contribution in [2.24, 2.45) is 5.10 Å². The zero-order chi connectivity index (χ0) is 17.4. The first-order chi connectivity index (χ1) is 11.7. The second-order valence-electron chi connectivity index (χ2n) is 4.51. The van der Waals surface area contributed by atoms with E-state index in [-0.39, 0.29) is 0 Å². The standard InChI is InChI=1S/C17H18N2O5/c1-21-14-10-12(11-15(22-2)16(14)23-3)17(20)19-18-8-4-6-13-7-5-9-24-13/h4-11H,1-3H3,(H,19,20). The normalized spacial score (nSPS) is 11.0. The smallest absolute Gasteiger partial charge is 0.271 e. The molecule has 0 saturated heterocycles. The Bertz CT molecular complexity index is 710. The van der Waals surface area contributed by atoms with Crippen LogP contribution in [0.5, 0.6) is 17.2 Å². The minimum atomic E-state index is -0.406. The maximum absolute atomic E-state index is 12.2. The average Bonchev–Trinajstić information content (AvgIpc) is 3.13. The first-order valence-corrected chi connectivity index (χ1v) is 7.03. The molecule has 7 nitrogen and oxygen atoms in total. The number of hydrazone groups is 1. The molecule has 1 aromatic carbocycles. The number of carbonyl (C=O) groups excluding carboxylic acids is 1. The molecule has 0 aliphatic rings. The van der Waals surface area contributed by atoms with Gasteiger partial charge in [-0.15, -0.1) is 0 Å². The molecule has 1 amide bonds. The lowest BCUT2D eigenvalue weighted by Crippen LogP contribution is -2.17. The molecule has 0 radical (unpaired) electrons. The first-order valence-electron chi connectivity index (χ1n) is 7.03. The molecule has 0 aliphatic carbocycles. The van der Waals surface area contributed by atoms with E-state index < -0.39 is 5.91 Å². The van der Waals surface area contributed by atoms with Gasteiger partial charge in [-0.05, 0) is 36.4 Å². The third-order valence-electron chi connectivity index (χ3n) is 3.06. The molecule has 0 aliphatic heterocycles. The summed E-state index contributed by atoms with van der Waals surface area (Å²) in [5.74, 6) is 1.49. The summed E-state index contributed by atoms with van der Waals surface area (Å²) in [5, 5.41) is 3.83. The number of ether oxygens (including phenoxy) is 3. The van der Waals surface area contributed by atoms with Crippen LogP contribution in [0, 0.1) is 0 Å². The molecule has 1 N–H and O–H groups in total. The van der Waals surface area contributed by atoms with Crippen molar-refractivity contribution < 1.29 is 23.4 Å². The van der Waals surface area contributed by atoms with Crippen LogP contribution in [0.3, 0.4) is 0 Å². The highest BCUT2D eigenvalue weighted by atomic mass is 16.5. The van der Waals surface area contributed by atoms with Crippen LogP contribution in [0.1, 0.15) is 16.1 Å². The number of furan rings is 1. The molecule has 0 saturated carbocycles. The molecule has 1 aromatic heterocycles. The minimum Gasteiger partial charge on any atom is -0.493 e. The summed E-state index contributed by atoms with van der Waals surface area (Å²) < 4.78 is 20.8. The molecule has 0 bridgehead atoms. The van der Waals surface area contributed by atoms with Crippen LogP contribution >= 0.6 is 0 Å². The van der Waals surface area contributed by atoms with E-state index in [1.165, 1.54) is 27.5 Å². The minimum absolute atomic E-state index is 0.330. The molecule has 126 valence electrons. The van der Waals surface area contributed by atoms with Crippen molar-refractivity contribution in [1.82, 2.24) is 5.43 Å². The highest BCUT2D eigenvalue weighted by Gasteiger charge is 2.16. The SMILES string of the molecule is COc1cc(C(=O)NN=CC=Cc2ccco2)cc(OC)c1OC. The van der Waals surface area contributed by atoms with Crippen molar-refractivity contribution in [3.05, 3.63) is 47.9 Å². The second kappa shape index (κ2) is 8.42. The Morgan fingerprint density at radius 1 is 1.17 bits per heavy atom. The van der Waals surface area contributed by atoms with E-state index >= 15 is 0 Å². The van der Waals surface area contributed by atoms with E-state index in [1.807, 2.05) is 0 Å². The number of carbonyl (C=O) groups is 1. The number of nitrogens with one attached hydrogen (secondary N) is 1. The molecule has 2 rings (SSSR count). The van der Waals surface area contributed by atoms with E-state index in [0.29, 0.717) is 28.6 Å². The Kier molecular flexibility index (Phi) is 6.01. The van der Waals surface area contributed by atoms with Crippen LogP contribution in [-0.2, 0) is 0 Å². The maximum atomic E-state index is 12.2. The second-order valence-corrected chi connectivity index (χ2v) is 4.51. The van der Waals surface area contributed by atoms with E-state index in [0.717, 1.165) is 0 Å². The molecule has 7 heteroatoms. The van der Waals surface area contributed by atoms with Gasteiger partial charge in [-0.1, -0.05) is 0 Å². The number of rotatable bonds is 7. The summed E-state index contributed by atoms with van der Waals surface area (Å²) in [5.41, 5.74) is 2.75. The zero-order valence-corrected chi connectivity index (χ0v) is 13.6. The highest BCUT2D eigenvalue weighted by Crippen LogP contribution is 2.38. The summed E-state index contributed by atoms with van der Waals surface area (Å²) in [7, 11) is 4.46. The van der Waals surface area contributed by atoms with Crippen LogP contribution in [-0.4, -0.2) is 33.5 Å². The van der Waals surface area contributed by atoms with Crippen LogP contribution < -0.4 is 19.6 Å². The molecular formula is C17H18N2O5. The topological polar surface area (TPSA) is 82.3 Å². The highest BCUT2D eigenvalue weighted by molar-refractivity contribution is 5.96. The Hall–Kier alpha value is -3.22. The van der Waals surface area contributed by atoms with Gasteiger partial charge in [-0.2, -0.15) is 5.10 Å². The van der Waals surface area contributed by atoms with Crippen molar-refractivity contribution in [2.45, 2.75) is 0 Å². The van der Waals surface area contributed by atoms with Gasteiger partial charge in [0.2, 0.25) is 5.75 Å². The van der Waals surface area contributed by atoms with Crippen LogP contribution in [0.2, 0.25) is 0 Å². The van der Waals surface area contributed by atoms with E-state index in [9.17, 15) is 4.79 Å². The Morgan fingerprint density at radius 2 is 1.88 bits per heavy atom. The fourth-order valence-corrected chi connectivity index (χ4v) is 1.94. The van der Waals surface area contributed by atoms with Crippen LogP contribution in [0.15, 0.2) is 46.1 Å². The Balaban J connectivity index is 2.06. The van der Waals surface area contributed by atoms with Gasteiger partial charge >= 0.3 is 0 Å². The lowest BCUT2D eigenvalue weighted by Gasteiger charge is -2.13. The van der Waals surface area contributed by atoms with Crippen molar-refractivity contribution >= 4 is 18.2 Å². The van der Waals surface area contributed by atoms with Gasteiger partial charge in [-0.25, -0.2) is 5.43 Å². The van der Waals surface area contributed by atoms with E-state index in [2.05, 4.69) is 10.5 Å². The van der Waals surface area contributed by atoms with Gasteiger partial charge in [0.25, 0.3) is 5.91 Å². The van der Waals surface area contributed by atoms with Crippen LogP contribution in [0.25, 0.3) is 6.08 Å². The summed E-state index contributed by atoms with van der Waals surface area (Å²) in [4.78, 5) is 12.2. The van der Waals surface area contributed by atoms with Crippen molar-refractivity contribution in [1.29, 1.82) is 0 Å². The molecule has 0 atom stereocenters. The third-order valence-corrected chi connectivity index (χ3v) is 3.06. The summed E-state index contributed by atoms with van der Waals surface area (Å²) in [6.07, 6.45) is 6.38. The zero-order valence-electron chi connectivity index (χ0n) is 13.6. The summed E-state index contributed by atoms with van der Waals surface area (Å²) >= 11 is 0. The predicted molar refractivity (Wildman–Crippen MR) is 89.8 cm³/mol. The number of hydrogen-bond donors (Lipinski definition) is 1. The Labute approximate surface area is 139 Å². The van der Waals surface area contributed by atoms with Crippen molar-refractivity contribution in [2.75, 3.05) is 21.3 Å². The largest absolute Gasteiger partial charge is 0.493 e. The fourth-order valence-electron chi connectivity index (χ4n) is 1.94. The van der Waals surface area contributed by atoms with Crippen molar-refractivity contribution in [3.8, 4) is 17.2 Å². The van der Waals surface area contributed by atoms with E-state index in [4.69, 9.17) is 18.6 Å². The summed E-state index contributed by atoms with van der Waals surface area (Å²) in [6.45, 7) is 0. The van der Waals surface area contributed by atoms with Gasteiger partial charge in [0.15, 0.2) is 11.5 Å². The first kappa shape index (κ1) is 17.1. The molecule has 1 heterocycles. The predicted octanol–water partition coefficient (Wildman–Crippen LogP) is 2.73. The molecule has 0 unspecified atom stereocenters. The number of benzene rings is 1. The fraction of sp³-hybridized carbons (Fsp3) is 0.176. The molecule has 2 aromatic rings. The van der Waals surface area contributed by atoms with Gasteiger partial charge in [0.05, 0.1) is 27.6 Å². The monoisotopic (exact) mass is 330 g/mol. The summed E-state index contributed by atoms with van der Waals surface area (Å²) in [6, 6.07) is 6.68. The average molecular weight is 330 g/mol. The van der Waals surface area contributed by atoms with Crippen LogP contribution in [0.4, 0.5) is 0 Å². The molecular weight excluding hydrogens is 312 g/mol. The third kappa shape index (κ3) is 4.16. The van der Waals surface area contributed by atoms with Crippen molar-refractivity contribution in [3.63, 3.8) is 0 Å². The van der Waals surface area contributed by atoms with Gasteiger partial charge in [0, 0.05) is 11.8 Å². The number of methoxy groups -OCH3 is 3. The maximum Gasteiger partial charge on any atom is 0.271 e. The van der Waals surface area contributed by atoms with Gasteiger partial charge in [-0.3, -0.25) is 4.79 Å². The Morgan fingerprint density at radius 3 is 2.42 bits per heavy atom.